The maximum Gasteiger partial charge on any atom is 0.227 e. The average Bonchev–Trinajstić information content (AvgIpc) is 2.81. The zero-order chi connectivity index (χ0) is 14.5. The van der Waals surface area contributed by atoms with E-state index in [1.807, 2.05) is 0 Å². The zero-order valence-corrected chi connectivity index (χ0v) is 13.3. The minimum Gasteiger partial charge on any atom is -0.370 e. The summed E-state index contributed by atoms with van der Waals surface area (Å²) >= 11 is 0. The summed E-state index contributed by atoms with van der Waals surface area (Å²) in [5.74, 6) is 2.08. The van der Waals surface area contributed by atoms with Crippen LogP contribution in [0.25, 0.3) is 0 Å². The maximum absolute atomic E-state index is 4.92. The summed E-state index contributed by atoms with van der Waals surface area (Å²) in [5, 5.41) is 3.54. The van der Waals surface area contributed by atoms with Gasteiger partial charge in [-0.2, -0.15) is 4.98 Å². The summed E-state index contributed by atoms with van der Waals surface area (Å²) in [5.41, 5.74) is 2.68. The first-order valence-corrected chi connectivity index (χ1v) is 8.77. The number of aromatic nitrogens is 2. The lowest BCUT2D eigenvalue weighted by molar-refractivity contribution is 0.656. The van der Waals surface area contributed by atoms with Gasteiger partial charge in [0.05, 0.1) is 5.69 Å². The number of hydrogen-bond acceptors (Lipinski definition) is 4. The number of fused-ring (bicyclic) bond motifs is 1. The van der Waals surface area contributed by atoms with Crippen LogP contribution >= 0.6 is 0 Å². The second kappa shape index (κ2) is 7.10. The first-order chi connectivity index (χ1) is 10.4. The molecule has 0 aromatic carbocycles. The van der Waals surface area contributed by atoms with Gasteiger partial charge in [-0.3, -0.25) is 0 Å². The summed E-state index contributed by atoms with van der Waals surface area (Å²) < 4.78 is 0. The predicted molar refractivity (Wildman–Crippen MR) is 88.1 cm³/mol. The summed E-state index contributed by atoms with van der Waals surface area (Å²) in [6, 6.07) is 0. The number of aryl methyl sites for hydroxylation is 1. The van der Waals surface area contributed by atoms with Crippen molar-refractivity contribution in [2.45, 2.75) is 64.7 Å². The molecule has 1 aromatic heterocycles. The molecule has 2 aliphatic rings. The molecule has 0 unspecified atom stereocenters. The highest BCUT2D eigenvalue weighted by molar-refractivity contribution is 5.52. The summed E-state index contributed by atoms with van der Waals surface area (Å²) in [6.07, 6.45) is 11.2. The highest BCUT2D eigenvalue weighted by Gasteiger charge is 2.20. The van der Waals surface area contributed by atoms with Crippen molar-refractivity contribution in [3.63, 3.8) is 0 Å². The van der Waals surface area contributed by atoms with Gasteiger partial charge in [0.25, 0.3) is 0 Å². The number of anilines is 2. The summed E-state index contributed by atoms with van der Waals surface area (Å²) in [7, 11) is 0. The Hall–Kier alpha value is -1.32. The van der Waals surface area contributed by atoms with E-state index < -0.39 is 0 Å². The van der Waals surface area contributed by atoms with Crippen LogP contribution in [0.3, 0.4) is 0 Å². The highest BCUT2D eigenvalue weighted by atomic mass is 15.3. The van der Waals surface area contributed by atoms with Crippen molar-refractivity contribution < 1.29 is 0 Å². The van der Waals surface area contributed by atoms with E-state index in [-0.39, 0.29) is 0 Å². The van der Waals surface area contributed by atoms with Gasteiger partial charge in [-0.1, -0.05) is 19.8 Å². The van der Waals surface area contributed by atoms with E-state index >= 15 is 0 Å². The van der Waals surface area contributed by atoms with Crippen LogP contribution in [-0.2, 0) is 12.8 Å². The predicted octanol–water partition coefficient (Wildman–Crippen LogP) is 3.56. The van der Waals surface area contributed by atoms with E-state index in [0.29, 0.717) is 0 Å². The van der Waals surface area contributed by atoms with Gasteiger partial charge < -0.3 is 10.2 Å². The second-order valence-electron chi connectivity index (χ2n) is 6.33. The molecule has 1 fully saturated rings. The monoisotopic (exact) mass is 288 g/mol. The molecule has 0 spiro atoms. The van der Waals surface area contributed by atoms with E-state index in [9.17, 15) is 0 Å². The molecule has 1 saturated heterocycles. The van der Waals surface area contributed by atoms with Crippen LogP contribution in [0.1, 0.15) is 63.1 Å². The van der Waals surface area contributed by atoms with Crippen molar-refractivity contribution in [3.8, 4) is 0 Å². The third-order valence-electron chi connectivity index (χ3n) is 4.60. The maximum atomic E-state index is 4.92. The molecule has 2 heterocycles. The third-order valence-corrected chi connectivity index (χ3v) is 4.60. The van der Waals surface area contributed by atoms with E-state index in [1.54, 1.807) is 0 Å². The van der Waals surface area contributed by atoms with Crippen LogP contribution in [-0.4, -0.2) is 29.6 Å². The first kappa shape index (κ1) is 14.6. The molecule has 4 nitrogen and oxygen atoms in total. The van der Waals surface area contributed by atoms with Gasteiger partial charge in [0.1, 0.15) is 5.82 Å². The van der Waals surface area contributed by atoms with Gasteiger partial charge in [-0.15, -0.1) is 0 Å². The highest BCUT2D eigenvalue weighted by Crippen LogP contribution is 2.28. The largest absolute Gasteiger partial charge is 0.370 e. The van der Waals surface area contributed by atoms with Crippen LogP contribution in [0.5, 0.6) is 0 Å². The van der Waals surface area contributed by atoms with Gasteiger partial charge in [0.2, 0.25) is 5.95 Å². The Morgan fingerprint density at radius 2 is 1.71 bits per heavy atom. The number of hydrogen-bond donors (Lipinski definition) is 1. The molecule has 1 aromatic rings. The van der Waals surface area contributed by atoms with E-state index in [2.05, 4.69) is 17.1 Å². The van der Waals surface area contributed by atoms with Gasteiger partial charge >= 0.3 is 0 Å². The lowest BCUT2D eigenvalue weighted by Gasteiger charge is -2.25. The quantitative estimate of drug-likeness (QED) is 0.920. The fourth-order valence-electron chi connectivity index (χ4n) is 3.38. The third kappa shape index (κ3) is 3.47. The number of nitrogens with one attached hydrogen (secondary N) is 1. The van der Waals surface area contributed by atoms with E-state index in [1.165, 1.54) is 49.8 Å². The van der Waals surface area contributed by atoms with Gasteiger partial charge in [0.15, 0.2) is 0 Å². The molecule has 0 atom stereocenters. The van der Waals surface area contributed by atoms with Crippen LogP contribution in [0.15, 0.2) is 0 Å². The van der Waals surface area contributed by atoms with Crippen LogP contribution < -0.4 is 10.2 Å². The fraction of sp³-hybridized carbons (Fsp3) is 0.765. The summed E-state index contributed by atoms with van der Waals surface area (Å²) in [6.45, 7) is 5.44. The Bertz CT molecular complexity index is 464. The van der Waals surface area contributed by atoms with E-state index in [0.717, 1.165) is 50.7 Å². The Labute approximate surface area is 128 Å². The van der Waals surface area contributed by atoms with Crippen molar-refractivity contribution >= 4 is 11.8 Å². The SMILES string of the molecule is CCCNc1nc(N2CCCCCC2)nc2c1CCCC2. The number of rotatable bonds is 4. The first-order valence-electron chi connectivity index (χ1n) is 8.77. The molecule has 0 bridgehead atoms. The second-order valence-corrected chi connectivity index (χ2v) is 6.33. The Morgan fingerprint density at radius 1 is 0.952 bits per heavy atom. The van der Waals surface area contributed by atoms with Crippen molar-refractivity contribution in [2.24, 2.45) is 0 Å². The van der Waals surface area contributed by atoms with Crippen LogP contribution in [0.4, 0.5) is 11.8 Å². The minimum atomic E-state index is 0.969. The average molecular weight is 288 g/mol. The molecule has 1 aliphatic heterocycles. The fourth-order valence-corrected chi connectivity index (χ4v) is 3.38. The smallest absolute Gasteiger partial charge is 0.227 e. The van der Waals surface area contributed by atoms with Crippen LogP contribution in [0, 0.1) is 0 Å². The van der Waals surface area contributed by atoms with E-state index in [4.69, 9.17) is 9.97 Å². The van der Waals surface area contributed by atoms with Crippen molar-refractivity contribution in [3.05, 3.63) is 11.3 Å². The van der Waals surface area contributed by atoms with Gasteiger partial charge in [0, 0.05) is 25.2 Å². The molecule has 0 radical (unpaired) electrons. The molecule has 4 heteroatoms. The summed E-state index contributed by atoms with van der Waals surface area (Å²) in [4.78, 5) is 12.2. The molecule has 1 aliphatic carbocycles. The molecule has 0 saturated carbocycles. The molecule has 116 valence electrons. The molecule has 3 rings (SSSR count). The Kier molecular flexibility index (Phi) is 4.94. The number of nitrogens with zero attached hydrogens (tertiary/aromatic N) is 3. The lowest BCUT2D eigenvalue weighted by Crippen LogP contribution is -2.27. The van der Waals surface area contributed by atoms with Crippen LogP contribution in [0.2, 0.25) is 0 Å². The van der Waals surface area contributed by atoms with Crippen molar-refractivity contribution in [2.75, 3.05) is 29.9 Å². The normalized spacial score (nSPS) is 19.0. The van der Waals surface area contributed by atoms with Gasteiger partial charge in [-0.25, -0.2) is 4.98 Å². The molecular weight excluding hydrogens is 260 g/mol. The zero-order valence-electron chi connectivity index (χ0n) is 13.3. The molecule has 21 heavy (non-hydrogen) atoms. The van der Waals surface area contributed by atoms with Gasteiger partial charge in [-0.05, 0) is 44.9 Å². The Balaban J connectivity index is 1.88. The topological polar surface area (TPSA) is 41.1 Å². The minimum absolute atomic E-state index is 0.969. The standard InChI is InChI=1S/C17H28N4/c1-2-11-18-16-14-9-5-6-10-15(14)19-17(20-16)21-12-7-3-4-8-13-21/h2-13H2,1H3,(H,18,19,20). The van der Waals surface area contributed by atoms with Crippen molar-refractivity contribution in [1.29, 1.82) is 0 Å². The molecular formula is C17H28N4. The molecule has 0 amide bonds. The molecule has 1 N–H and O–H groups in total. The lowest BCUT2D eigenvalue weighted by atomic mass is 9.96. The van der Waals surface area contributed by atoms with Crippen molar-refractivity contribution in [1.82, 2.24) is 9.97 Å². The Morgan fingerprint density at radius 3 is 2.48 bits per heavy atom.